The zero-order chi connectivity index (χ0) is 22.0. The Balaban J connectivity index is 2.25. The van der Waals surface area contributed by atoms with Crippen LogP contribution in [0, 0.1) is 5.92 Å². The van der Waals surface area contributed by atoms with Crippen molar-refractivity contribution >= 4 is 11.9 Å². The predicted molar refractivity (Wildman–Crippen MR) is 106 cm³/mol. The van der Waals surface area contributed by atoms with Gasteiger partial charge in [-0.3, -0.25) is 9.59 Å². The predicted octanol–water partition coefficient (Wildman–Crippen LogP) is 2.70. The van der Waals surface area contributed by atoms with Gasteiger partial charge in [0.15, 0.2) is 23.0 Å². The molecule has 3 rings (SSSR count). The van der Waals surface area contributed by atoms with Crippen LogP contribution in [0.1, 0.15) is 34.9 Å². The van der Waals surface area contributed by atoms with E-state index in [-0.39, 0.29) is 29.4 Å². The number of hydrogen-bond donors (Lipinski definition) is 2. The highest BCUT2D eigenvalue weighted by molar-refractivity contribution is 5.81. The number of rotatable bonds is 6. The van der Waals surface area contributed by atoms with E-state index in [1.165, 1.54) is 40.6 Å². The number of hydrogen-bond acceptors (Lipinski definition) is 8. The molecular formula is C22H24O8. The van der Waals surface area contributed by atoms with Gasteiger partial charge < -0.3 is 29.2 Å². The van der Waals surface area contributed by atoms with E-state index in [0.29, 0.717) is 16.7 Å². The fraction of sp³-hybridized carbons (Fsp3) is 0.364. The van der Waals surface area contributed by atoms with Gasteiger partial charge in [-0.05, 0) is 41.0 Å². The Kier molecular flexibility index (Phi) is 6.05. The van der Waals surface area contributed by atoms with E-state index in [0.717, 1.165) is 0 Å². The van der Waals surface area contributed by atoms with Gasteiger partial charge in [0.2, 0.25) is 0 Å². The molecule has 0 radical (unpaired) electrons. The van der Waals surface area contributed by atoms with Crippen LogP contribution in [0.25, 0.3) is 0 Å². The molecule has 0 unspecified atom stereocenters. The summed E-state index contributed by atoms with van der Waals surface area (Å²) in [5.41, 5.74) is 2.01. The minimum Gasteiger partial charge on any atom is -0.504 e. The summed E-state index contributed by atoms with van der Waals surface area (Å²) in [6.07, 6.45) is -0.0527. The van der Waals surface area contributed by atoms with Crippen molar-refractivity contribution in [1.82, 2.24) is 0 Å². The third-order valence-corrected chi connectivity index (χ3v) is 5.56. The Morgan fingerprint density at radius 3 is 2.13 bits per heavy atom. The Labute approximate surface area is 173 Å². The summed E-state index contributed by atoms with van der Waals surface area (Å²) in [5, 5.41) is 20.4. The van der Waals surface area contributed by atoms with Gasteiger partial charge in [0.05, 0.1) is 40.8 Å². The van der Waals surface area contributed by atoms with Crippen molar-refractivity contribution in [2.45, 2.75) is 18.3 Å². The molecule has 0 heterocycles. The number of carbonyl (C=O) groups is 2. The van der Waals surface area contributed by atoms with Gasteiger partial charge in [0.25, 0.3) is 0 Å². The van der Waals surface area contributed by atoms with E-state index < -0.39 is 29.7 Å². The second-order valence-electron chi connectivity index (χ2n) is 7.00. The van der Waals surface area contributed by atoms with Crippen LogP contribution in [0.2, 0.25) is 0 Å². The Morgan fingerprint density at radius 1 is 0.867 bits per heavy atom. The van der Waals surface area contributed by atoms with Crippen LogP contribution in [0.5, 0.6) is 23.0 Å². The number of phenols is 2. The van der Waals surface area contributed by atoms with Crippen LogP contribution < -0.4 is 9.47 Å². The SMILES string of the molecule is COC(=O)C[C@H]1c2cc(OC)c(O)cc2[C@H](c2ccc(O)c(OC)c2)[C@H]1C(=O)OC. The topological polar surface area (TPSA) is 112 Å². The summed E-state index contributed by atoms with van der Waals surface area (Å²) in [5.74, 6) is -2.50. The maximum absolute atomic E-state index is 12.9. The molecule has 30 heavy (non-hydrogen) atoms. The molecule has 0 fully saturated rings. The van der Waals surface area contributed by atoms with E-state index in [1.807, 2.05) is 0 Å². The summed E-state index contributed by atoms with van der Waals surface area (Å²) in [6, 6.07) is 7.93. The van der Waals surface area contributed by atoms with E-state index in [1.54, 1.807) is 18.2 Å². The number of aromatic hydroxyl groups is 2. The van der Waals surface area contributed by atoms with Crippen molar-refractivity contribution in [2.24, 2.45) is 5.92 Å². The standard InChI is InChI=1S/C22H24O8/c1-27-17-7-11(5-6-15(17)23)20-13-8-16(24)18(28-2)9-12(13)14(10-19(25)29-3)21(20)22(26)30-4/h5-9,14,20-21,23-24H,10H2,1-4H3/t14-,20-,21-/m0/s1. The maximum Gasteiger partial charge on any atom is 0.310 e. The average Bonchev–Trinajstić information content (AvgIpc) is 3.05. The summed E-state index contributed by atoms with van der Waals surface area (Å²) in [6.45, 7) is 0. The molecule has 0 spiro atoms. The Hall–Kier alpha value is -3.42. The zero-order valence-electron chi connectivity index (χ0n) is 17.2. The van der Waals surface area contributed by atoms with Crippen LogP contribution in [-0.4, -0.2) is 50.6 Å². The van der Waals surface area contributed by atoms with Crippen LogP contribution in [0.4, 0.5) is 0 Å². The lowest BCUT2D eigenvalue weighted by molar-refractivity contribution is -0.147. The molecule has 0 saturated heterocycles. The lowest BCUT2D eigenvalue weighted by Gasteiger charge is -2.23. The zero-order valence-corrected chi connectivity index (χ0v) is 17.2. The van der Waals surface area contributed by atoms with E-state index in [9.17, 15) is 19.8 Å². The third kappa shape index (κ3) is 3.60. The van der Waals surface area contributed by atoms with Crippen molar-refractivity contribution in [3.8, 4) is 23.0 Å². The fourth-order valence-corrected chi connectivity index (χ4v) is 4.18. The van der Waals surface area contributed by atoms with E-state index in [2.05, 4.69) is 0 Å². The van der Waals surface area contributed by atoms with Crippen molar-refractivity contribution in [1.29, 1.82) is 0 Å². The first kappa shape index (κ1) is 21.3. The molecule has 2 aromatic carbocycles. The second-order valence-corrected chi connectivity index (χ2v) is 7.00. The maximum atomic E-state index is 12.9. The summed E-state index contributed by atoms with van der Waals surface area (Å²) in [7, 11) is 5.42. The molecule has 2 aromatic rings. The van der Waals surface area contributed by atoms with Gasteiger partial charge in [-0.15, -0.1) is 0 Å². The molecule has 0 aromatic heterocycles. The third-order valence-electron chi connectivity index (χ3n) is 5.56. The normalized spacial score (nSPS) is 19.7. The Morgan fingerprint density at radius 2 is 1.53 bits per heavy atom. The van der Waals surface area contributed by atoms with Crippen molar-refractivity contribution in [3.63, 3.8) is 0 Å². The smallest absolute Gasteiger partial charge is 0.310 e. The molecule has 0 saturated carbocycles. The first-order valence-electron chi connectivity index (χ1n) is 9.28. The highest BCUT2D eigenvalue weighted by atomic mass is 16.5. The average molecular weight is 416 g/mol. The molecule has 0 bridgehead atoms. The fourth-order valence-electron chi connectivity index (χ4n) is 4.18. The number of methoxy groups -OCH3 is 4. The highest BCUT2D eigenvalue weighted by Crippen LogP contribution is 2.54. The molecule has 8 heteroatoms. The van der Waals surface area contributed by atoms with Crippen LogP contribution in [0.15, 0.2) is 30.3 Å². The van der Waals surface area contributed by atoms with Gasteiger partial charge >= 0.3 is 11.9 Å². The number of phenolic OH excluding ortho intramolecular Hbond substituents is 2. The molecule has 160 valence electrons. The second kappa shape index (κ2) is 8.52. The molecule has 3 atom stereocenters. The lowest BCUT2D eigenvalue weighted by Crippen LogP contribution is -2.26. The van der Waals surface area contributed by atoms with Gasteiger partial charge in [-0.2, -0.15) is 0 Å². The van der Waals surface area contributed by atoms with Crippen LogP contribution >= 0.6 is 0 Å². The summed E-state index contributed by atoms with van der Waals surface area (Å²) >= 11 is 0. The summed E-state index contributed by atoms with van der Waals surface area (Å²) in [4.78, 5) is 25.0. The van der Waals surface area contributed by atoms with Crippen molar-refractivity contribution in [2.75, 3.05) is 28.4 Å². The highest BCUT2D eigenvalue weighted by Gasteiger charge is 2.48. The number of carbonyl (C=O) groups excluding carboxylic acids is 2. The summed E-state index contributed by atoms with van der Waals surface area (Å²) < 4.78 is 20.3. The first-order valence-corrected chi connectivity index (χ1v) is 9.28. The quantitative estimate of drug-likeness (QED) is 0.692. The van der Waals surface area contributed by atoms with Crippen molar-refractivity contribution < 1.29 is 38.7 Å². The van der Waals surface area contributed by atoms with Gasteiger partial charge in [0.1, 0.15) is 0 Å². The minimum atomic E-state index is -0.759. The molecule has 1 aliphatic carbocycles. The molecular weight excluding hydrogens is 392 g/mol. The molecule has 2 N–H and O–H groups in total. The lowest BCUT2D eigenvalue weighted by atomic mass is 9.81. The van der Waals surface area contributed by atoms with Crippen molar-refractivity contribution in [3.05, 3.63) is 47.0 Å². The van der Waals surface area contributed by atoms with Gasteiger partial charge in [-0.1, -0.05) is 6.07 Å². The number of benzene rings is 2. The minimum absolute atomic E-state index is 0.0437. The molecule has 8 nitrogen and oxygen atoms in total. The monoisotopic (exact) mass is 416 g/mol. The molecule has 0 aliphatic heterocycles. The van der Waals surface area contributed by atoms with Gasteiger partial charge in [0, 0.05) is 11.8 Å². The van der Waals surface area contributed by atoms with E-state index >= 15 is 0 Å². The largest absolute Gasteiger partial charge is 0.504 e. The number of esters is 2. The first-order chi connectivity index (χ1) is 14.4. The molecule has 0 amide bonds. The number of fused-ring (bicyclic) bond motifs is 1. The van der Waals surface area contributed by atoms with Crippen LogP contribution in [0.3, 0.4) is 0 Å². The Bertz CT molecular complexity index is 968. The molecule has 1 aliphatic rings. The number of ether oxygens (including phenoxy) is 4. The van der Waals surface area contributed by atoms with E-state index in [4.69, 9.17) is 18.9 Å². The van der Waals surface area contributed by atoms with Gasteiger partial charge in [-0.25, -0.2) is 0 Å². The van der Waals surface area contributed by atoms with Crippen LogP contribution in [-0.2, 0) is 19.1 Å².